The van der Waals surface area contributed by atoms with Crippen molar-refractivity contribution < 1.29 is 42.9 Å². The van der Waals surface area contributed by atoms with Gasteiger partial charge in [0.2, 0.25) is 11.5 Å². The summed E-state index contributed by atoms with van der Waals surface area (Å²) in [6.45, 7) is 0.512. The third-order valence-electron chi connectivity index (χ3n) is 5.43. The molecule has 0 unspecified atom stereocenters. The molecule has 0 saturated heterocycles. The molecule has 3 aliphatic rings. The Hall–Kier alpha value is -3.89. The molecule has 0 amide bonds. The molecular weight excluding hydrogens is 446 g/mol. The average Bonchev–Trinajstić information content (AvgIpc) is 3.04. The van der Waals surface area contributed by atoms with Crippen LogP contribution in [-0.2, 0) is 23.9 Å². The molecule has 0 radical (unpaired) electrons. The number of fused-ring (bicyclic) bond motifs is 1. The summed E-state index contributed by atoms with van der Waals surface area (Å²) in [6, 6.07) is 10.2. The molecule has 0 N–H and O–H groups in total. The highest BCUT2D eigenvalue weighted by Crippen LogP contribution is 2.51. The molecule has 2 heterocycles. The third-order valence-corrected chi connectivity index (χ3v) is 5.43. The van der Waals surface area contributed by atoms with Crippen molar-refractivity contribution in [2.24, 2.45) is 0 Å². The van der Waals surface area contributed by atoms with Gasteiger partial charge in [0, 0.05) is 14.0 Å². The van der Waals surface area contributed by atoms with E-state index in [0.717, 1.165) is 6.92 Å². The number of para-hydroxylation sites is 1. The highest BCUT2D eigenvalue weighted by atomic mass is 16.8. The van der Waals surface area contributed by atoms with E-state index in [4.69, 9.17) is 28.5 Å². The van der Waals surface area contributed by atoms with Crippen LogP contribution in [0, 0.1) is 0 Å². The third kappa shape index (κ3) is 3.87. The van der Waals surface area contributed by atoms with Crippen LogP contribution in [0.1, 0.15) is 28.9 Å². The van der Waals surface area contributed by atoms with Crippen LogP contribution in [0.25, 0.3) is 0 Å². The van der Waals surface area contributed by atoms with E-state index in [1.165, 1.54) is 27.4 Å². The molecule has 2 aromatic rings. The summed E-state index contributed by atoms with van der Waals surface area (Å²) in [6.07, 6.45) is 3.28. The molecule has 2 atom stereocenters. The first-order valence-electron chi connectivity index (χ1n) is 10.3. The average molecular weight is 469 g/mol. The summed E-state index contributed by atoms with van der Waals surface area (Å²) in [5, 5.41) is 1.55. The molecule has 5 rings (SSSR count). The number of methoxy groups -OCH3 is 3. The van der Waals surface area contributed by atoms with E-state index in [1.54, 1.807) is 17.2 Å². The summed E-state index contributed by atoms with van der Waals surface area (Å²) in [5.74, 6) is -3.95. The minimum atomic E-state index is -1.83. The maximum Gasteiger partial charge on any atom is 0.349 e. The molecule has 0 fully saturated rings. The van der Waals surface area contributed by atoms with Gasteiger partial charge in [-0.2, -0.15) is 0 Å². The Balaban J connectivity index is 1.92. The van der Waals surface area contributed by atoms with Crippen molar-refractivity contribution in [2.75, 3.05) is 33.0 Å². The topological polar surface area (TPSA) is 110 Å². The zero-order valence-electron chi connectivity index (χ0n) is 19.0. The maximum absolute atomic E-state index is 13.9. The highest BCUT2D eigenvalue weighted by Gasteiger charge is 2.52. The van der Waals surface area contributed by atoms with Crippen LogP contribution in [-0.4, -0.2) is 51.4 Å². The Morgan fingerprint density at radius 1 is 1.09 bits per heavy atom. The molecule has 1 aliphatic carbocycles. The number of Topliss-reactive ketones (excluding diaryl/α,β-unsaturated/α-hetero) is 1. The maximum atomic E-state index is 13.9. The predicted octanol–water partition coefficient (Wildman–Crippen LogP) is 2.76. The molecular formula is C24H23NO9. The van der Waals surface area contributed by atoms with Crippen LogP contribution >= 0.6 is 0 Å². The van der Waals surface area contributed by atoms with Crippen LogP contribution in [0.3, 0.4) is 0 Å². The molecule has 0 saturated carbocycles. The summed E-state index contributed by atoms with van der Waals surface area (Å²) in [7, 11) is 4.10. The van der Waals surface area contributed by atoms with Gasteiger partial charge >= 0.3 is 11.9 Å². The van der Waals surface area contributed by atoms with E-state index < -0.39 is 36.2 Å². The normalized spacial score (nSPS) is 20.4. The van der Waals surface area contributed by atoms with Crippen LogP contribution < -0.4 is 19.3 Å². The number of carbonyl (C=O) groups excluding carboxylic acids is 3. The number of benzene rings is 2. The monoisotopic (exact) mass is 469 g/mol. The van der Waals surface area contributed by atoms with Crippen LogP contribution in [0.2, 0.25) is 0 Å². The van der Waals surface area contributed by atoms with Crippen molar-refractivity contribution in [1.82, 2.24) is 0 Å². The smallest absolute Gasteiger partial charge is 0.349 e. The Labute approximate surface area is 195 Å². The molecule has 0 aromatic heterocycles. The van der Waals surface area contributed by atoms with Crippen LogP contribution in [0.4, 0.5) is 5.69 Å². The van der Waals surface area contributed by atoms with Crippen molar-refractivity contribution in [2.45, 2.75) is 18.8 Å². The molecule has 10 heteroatoms. The summed E-state index contributed by atoms with van der Waals surface area (Å²) in [5.41, 5.74) is 1.13. The number of hydrogen-bond acceptors (Lipinski definition) is 10. The number of ether oxygens (including phenoxy) is 5. The summed E-state index contributed by atoms with van der Waals surface area (Å²) >= 11 is 0. The number of hydrogen-bond donors (Lipinski definition) is 0. The number of ketones is 1. The number of carbonyl (C=O) groups is 3. The van der Waals surface area contributed by atoms with Gasteiger partial charge < -0.3 is 23.7 Å². The predicted molar refractivity (Wildman–Crippen MR) is 118 cm³/mol. The molecule has 10 nitrogen and oxygen atoms in total. The summed E-state index contributed by atoms with van der Waals surface area (Å²) in [4.78, 5) is 43.6. The van der Waals surface area contributed by atoms with Gasteiger partial charge in [0.1, 0.15) is 6.04 Å². The highest BCUT2D eigenvalue weighted by molar-refractivity contribution is 6.09. The zero-order chi connectivity index (χ0) is 24.5. The van der Waals surface area contributed by atoms with E-state index in [9.17, 15) is 14.4 Å². The fourth-order valence-corrected chi connectivity index (χ4v) is 3.89. The molecule has 34 heavy (non-hydrogen) atoms. The van der Waals surface area contributed by atoms with Crippen molar-refractivity contribution in [1.29, 1.82) is 0 Å². The van der Waals surface area contributed by atoms with Crippen molar-refractivity contribution in [3.63, 3.8) is 0 Å². The SMILES string of the molecule is COc1cc2c(c(OC(=O)COC(C)=O)c1OC)C(=O)[C@]1(OC)C=C[C@H]2N(c2ccccc2)O1. The van der Waals surface area contributed by atoms with E-state index in [1.807, 2.05) is 30.3 Å². The van der Waals surface area contributed by atoms with Gasteiger partial charge in [0.15, 0.2) is 18.1 Å². The van der Waals surface area contributed by atoms with Crippen LogP contribution in [0.15, 0.2) is 48.6 Å². The van der Waals surface area contributed by atoms with E-state index in [2.05, 4.69) is 0 Å². The number of esters is 2. The minimum Gasteiger partial charge on any atom is -0.493 e. The molecule has 178 valence electrons. The van der Waals surface area contributed by atoms with Gasteiger partial charge in [0.05, 0.1) is 25.5 Å². The largest absolute Gasteiger partial charge is 0.493 e. The Kier molecular flexibility index (Phi) is 6.27. The molecule has 2 aliphatic heterocycles. The van der Waals surface area contributed by atoms with Crippen molar-refractivity contribution in [3.05, 3.63) is 59.7 Å². The van der Waals surface area contributed by atoms with Gasteiger partial charge in [-0.1, -0.05) is 24.3 Å². The zero-order valence-corrected chi connectivity index (χ0v) is 19.0. The lowest BCUT2D eigenvalue weighted by molar-refractivity contribution is -0.169. The second-order valence-corrected chi connectivity index (χ2v) is 7.42. The van der Waals surface area contributed by atoms with Gasteiger partial charge in [-0.15, -0.1) is 0 Å². The number of nitrogens with zero attached hydrogens (tertiary/aromatic N) is 1. The molecule has 2 bridgehead atoms. The van der Waals surface area contributed by atoms with E-state index >= 15 is 0 Å². The van der Waals surface area contributed by atoms with Gasteiger partial charge in [-0.25, -0.2) is 14.7 Å². The second kappa shape index (κ2) is 9.16. The lowest BCUT2D eigenvalue weighted by Gasteiger charge is -2.38. The number of anilines is 1. The quantitative estimate of drug-likeness (QED) is 0.341. The first-order valence-corrected chi connectivity index (χ1v) is 10.3. The first kappa shape index (κ1) is 23.3. The lowest BCUT2D eigenvalue weighted by atomic mass is 9.95. The van der Waals surface area contributed by atoms with Gasteiger partial charge in [-0.3, -0.25) is 9.59 Å². The lowest BCUT2D eigenvalue weighted by Crippen LogP contribution is -2.48. The summed E-state index contributed by atoms with van der Waals surface area (Å²) < 4.78 is 26.7. The standard InChI is InChI=1S/C24H23NO9/c1-14(26)32-13-19(27)33-22-20-16(12-18(29-2)21(22)30-3)17-10-11-24(31-4,23(20)28)34-25(17)15-8-6-5-7-9-15/h5-12,17H,13H2,1-4H3/t17-,24+/m1/s1. The number of rotatable bonds is 7. The van der Waals surface area contributed by atoms with Gasteiger partial charge in [0.25, 0.3) is 5.79 Å². The number of hydroxylamine groups is 1. The van der Waals surface area contributed by atoms with Crippen molar-refractivity contribution >= 4 is 23.4 Å². The Bertz CT molecular complexity index is 1160. The fraction of sp³-hybridized carbons (Fsp3) is 0.292. The van der Waals surface area contributed by atoms with Gasteiger partial charge in [-0.05, 0) is 29.8 Å². The minimum absolute atomic E-state index is 0.0177. The van der Waals surface area contributed by atoms with Crippen molar-refractivity contribution in [3.8, 4) is 17.2 Å². The molecule has 2 aromatic carbocycles. The Morgan fingerprint density at radius 2 is 1.82 bits per heavy atom. The first-order chi connectivity index (χ1) is 16.3. The van der Waals surface area contributed by atoms with E-state index in [-0.39, 0.29) is 22.8 Å². The molecule has 0 spiro atoms. The fourth-order valence-electron chi connectivity index (χ4n) is 3.89. The second-order valence-electron chi connectivity index (χ2n) is 7.42. The Morgan fingerprint density at radius 3 is 2.44 bits per heavy atom. The van der Waals surface area contributed by atoms with E-state index in [0.29, 0.717) is 11.3 Å². The van der Waals surface area contributed by atoms with Crippen LogP contribution in [0.5, 0.6) is 17.2 Å².